The SMILES string of the molecule is NS(=O)(=O)c1ccc(Nc2ncc(C(F)(F)F)c(OC3CCOCCC3O)n2)c(F)c1. The van der Waals surface area contributed by atoms with Gasteiger partial charge in [0.15, 0.2) is 0 Å². The summed E-state index contributed by atoms with van der Waals surface area (Å²) in [7, 11) is -4.15. The molecule has 0 radical (unpaired) electrons. The zero-order valence-electron chi connectivity index (χ0n) is 15.8. The molecule has 31 heavy (non-hydrogen) atoms. The van der Waals surface area contributed by atoms with E-state index in [1.165, 1.54) is 0 Å². The third kappa shape index (κ3) is 5.78. The summed E-state index contributed by atoms with van der Waals surface area (Å²) in [6.45, 7) is 0.415. The Labute approximate surface area is 174 Å². The minimum Gasteiger partial charge on any atom is -0.471 e. The van der Waals surface area contributed by atoms with E-state index in [1.807, 2.05) is 0 Å². The maximum Gasteiger partial charge on any atom is 0.423 e. The van der Waals surface area contributed by atoms with Crippen LogP contribution in [0.15, 0.2) is 29.3 Å². The van der Waals surface area contributed by atoms with Gasteiger partial charge in [-0.1, -0.05) is 0 Å². The number of ether oxygens (including phenoxy) is 2. The summed E-state index contributed by atoms with van der Waals surface area (Å²) >= 11 is 0. The monoisotopic (exact) mass is 466 g/mol. The van der Waals surface area contributed by atoms with Crippen molar-refractivity contribution in [1.29, 1.82) is 0 Å². The first kappa shape index (κ1) is 23.1. The molecule has 1 aromatic heterocycles. The summed E-state index contributed by atoms with van der Waals surface area (Å²) in [6.07, 6.45) is -6.16. The fourth-order valence-corrected chi connectivity index (χ4v) is 3.30. The second-order valence-electron chi connectivity index (χ2n) is 6.64. The van der Waals surface area contributed by atoms with Gasteiger partial charge in [0.1, 0.15) is 17.5 Å². The second kappa shape index (κ2) is 8.90. The van der Waals surface area contributed by atoms with Crippen molar-refractivity contribution in [1.82, 2.24) is 9.97 Å². The molecule has 1 aliphatic rings. The topological polar surface area (TPSA) is 137 Å². The number of rotatable bonds is 5. The Morgan fingerprint density at radius 2 is 1.97 bits per heavy atom. The molecule has 14 heteroatoms. The lowest BCUT2D eigenvalue weighted by molar-refractivity contribution is -0.140. The van der Waals surface area contributed by atoms with Crippen LogP contribution in [0.1, 0.15) is 18.4 Å². The molecule has 0 aliphatic carbocycles. The first-order valence-corrected chi connectivity index (χ1v) is 10.5. The van der Waals surface area contributed by atoms with Crippen molar-refractivity contribution in [2.24, 2.45) is 5.14 Å². The molecule has 0 bridgehead atoms. The van der Waals surface area contributed by atoms with E-state index in [1.54, 1.807) is 0 Å². The quantitative estimate of drug-likeness (QED) is 0.569. The standard InChI is InChI=1S/C17H18F4N4O5S/c18-11-7-9(31(22,27)28)1-2-12(11)24-16-23-8-10(17(19,20)21)15(25-16)30-14-4-6-29-5-3-13(14)26/h1-2,7-8,13-14,26H,3-6H2,(H2,22,27,28)(H,23,24,25). The number of aromatic nitrogens is 2. The predicted octanol–water partition coefficient (Wildman–Crippen LogP) is 1.94. The van der Waals surface area contributed by atoms with Crippen LogP contribution in [0.2, 0.25) is 0 Å². The molecule has 2 aromatic rings. The third-order valence-corrected chi connectivity index (χ3v) is 5.28. The van der Waals surface area contributed by atoms with Crippen molar-refractivity contribution in [3.05, 3.63) is 35.8 Å². The molecule has 1 fully saturated rings. The number of aliphatic hydroxyl groups excluding tert-OH is 1. The van der Waals surface area contributed by atoms with Gasteiger partial charge in [0, 0.05) is 25.6 Å². The molecular weight excluding hydrogens is 448 g/mol. The van der Waals surface area contributed by atoms with Crippen LogP contribution < -0.4 is 15.2 Å². The molecule has 3 rings (SSSR count). The fraction of sp³-hybridized carbons (Fsp3) is 0.412. The predicted molar refractivity (Wildman–Crippen MR) is 98.6 cm³/mol. The summed E-state index contributed by atoms with van der Waals surface area (Å²) < 4.78 is 87.4. The average Bonchev–Trinajstić information content (AvgIpc) is 2.86. The molecule has 0 amide bonds. The number of nitrogens with two attached hydrogens (primary N) is 1. The maximum atomic E-state index is 14.2. The van der Waals surface area contributed by atoms with Crippen molar-refractivity contribution >= 4 is 21.7 Å². The van der Waals surface area contributed by atoms with E-state index < -0.39 is 56.5 Å². The summed E-state index contributed by atoms with van der Waals surface area (Å²) in [5.41, 5.74) is -1.58. The Kier molecular flexibility index (Phi) is 6.64. The Morgan fingerprint density at radius 3 is 2.61 bits per heavy atom. The van der Waals surface area contributed by atoms with Crippen LogP contribution in [0.5, 0.6) is 5.88 Å². The van der Waals surface area contributed by atoms with Crippen LogP contribution in [0, 0.1) is 5.82 Å². The van der Waals surface area contributed by atoms with Crippen LogP contribution in [0.4, 0.5) is 29.2 Å². The molecule has 1 aromatic carbocycles. The number of anilines is 2. The van der Waals surface area contributed by atoms with E-state index in [0.29, 0.717) is 12.3 Å². The van der Waals surface area contributed by atoms with Gasteiger partial charge in [-0.3, -0.25) is 0 Å². The molecule has 2 unspecified atom stereocenters. The van der Waals surface area contributed by atoms with Crippen LogP contribution in [0.3, 0.4) is 0 Å². The van der Waals surface area contributed by atoms with E-state index in [4.69, 9.17) is 14.6 Å². The molecule has 0 spiro atoms. The van der Waals surface area contributed by atoms with Gasteiger partial charge in [-0.05, 0) is 18.2 Å². The minimum absolute atomic E-state index is 0.134. The number of hydrogen-bond acceptors (Lipinski definition) is 8. The number of halogens is 4. The molecule has 2 heterocycles. The number of benzene rings is 1. The smallest absolute Gasteiger partial charge is 0.423 e. The lowest BCUT2D eigenvalue weighted by atomic mass is 10.1. The van der Waals surface area contributed by atoms with Gasteiger partial charge in [0.25, 0.3) is 0 Å². The van der Waals surface area contributed by atoms with Crippen molar-refractivity contribution < 1.29 is 40.6 Å². The first-order chi connectivity index (χ1) is 14.4. The Balaban J connectivity index is 1.91. The van der Waals surface area contributed by atoms with E-state index in [9.17, 15) is 31.1 Å². The molecule has 9 nitrogen and oxygen atoms in total. The van der Waals surface area contributed by atoms with E-state index in [0.717, 1.165) is 12.1 Å². The van der Waals surface area contributed by atoms with Gasteiger partial charge < -0.3 is 19.9 Å². The van der Waals surface area contributed by atoms with Gasteiger partial charge >= 0.3 is 6.18 Å². The van der Waals surface area contributed by atoms with Crippen molar-refractivity contribution in [3.8, 4) is 5.88 Å². The maximum absolute atomic E-state index is 14.2. The van der Waals surface area contributed by atoms with Gasteiger partial charge in [0.2, 0.25) is 21.9 Å². The Morgan fingerprint density at radius 1 is 1.26 bits per heavy atom. The summed E-state index contributed by atoms with van der Waals surface area (Å²) in [4.78, 5) is 6.72. The Bertz CT molecular complexity index is 1050. The van der Waals surface area contributed by atoms with Gasteiger partial charge in [0.05, 0.1) is 23.3 Å². The molecule has 1 aliphatic heterocycles. The number of primary sulfonamides is 1. The number of nitrogens with one attached hydrogen (secondary N) is 1. The lowest BCUT2D eigenvalue weighted by Gasteiger charge is -2.23. The zero-order chi connectivity index (χ0) is 22.8. The summed E-state index contributed by atoms with van der Waals surface area (Å²) in [6, 6.07) is 2.66. The van der Waals surface area contributed by atoms with Gasteiger partial charge in [-0.15, -0.1) is 0 Å². The van der Waals surface area contributed by atoms with Crippen LogP contribution in [-0.4, -0.2) is 48.9 Å². The summed E-state index contributed by atoms with van der Waals surface area (Å²) in [5.74, 6) is -2.34. The molecular formula is C17H18F4N4O5S. The third-order valence-electron chi connectivity index (χ3n) is 4.37. The van der Waals surface area contributed by atoms with E-state index in [-0.39, 0.29) is 31.7 Å². The van der Waals surface area contributed by atoms with Gasteiger partial charge in [-0.25, -0.2) is 22.9 Å². The summed E-state index contributed by atoms with van der Waals surface area (Å²) in [5, 5.41) is 17.4. The normalized spacial score (nSPS) is 20.2. The molecule has 1 saturated heterocycles. The van der Waals surface area contributed by atoms with Crippen molar-refractivity contribution in [3.63, 3.8) is 0 Å². The highest BCUT2D eigenvalue weighted by Gasteiger charge is 2.38. The second-order valence-corrected chi connectivity index (χ2v) is 8.20. The van der Waals surface area contributed by atoms with Crippen LogP contribution >= 0.6 is 0 Å². The largest absolute Gasteiger partial charge is 0.471 e. The molecule has 0 saturated carbocycles. The highest BCUT2D eigenvalue weighted by molar-refractivity contribution is 7.89. The fourth-order valence-electron chi connectivity index (χ4n) is 2.77. The minimum atomic E-state index is -4.84. The van der Waals surface area contributed by atoms with E-state index >= 15 is 0 Å². The van der Waals surface area contributed by atoms with Gasteiger partial charge in [-0.2, -0.15) is 18.2 Å². The van der Waals surface area contributed by atoms with Crippen molar-refractivity contribution in [2.75, 3.05) is 18.5 Å². The average molecular weight is 466 g/mol. The van der Waals surface area contributed by atoms with Crippen LogP contribution in [0.25, 0.3) is 0 Å². The molecule has 170 valence electrons. The number of alkyl halides is 3. The number of sulfonamides is 1. The Hall–Kier alpha value is -2.55. The molecule has 2 atom stereocenters. The number of nitrogens with zero attached hydrogens (tertiary/aromatic N) is 2. The zero-order valence-corrected chi connectivity index (χ0v) is 16.6. The highest BCUT2D eigenvalue weighted by atomic mass is 32.2. The highest BCUT2D eigenvalue weighted by Crippen LogP contribution is 2.36. The molecule has 4 N–H and O–H groups in total. The first-order valence-electron chi connectivity index (χ1n) is 8.91. The van der Waals surface area contributed by atoms with E-state index in [2.05, 4.69) is 15.3 Å². The van der Waals surface area contributed by atoms with Crippen LogP contribution in [-0.2, 0) is 20.9 Å². The number of aliphatic hydroxyl groups is 1. The lowest BCUT2D eigenvalue weighted by Crippen LogP contribution is -2.32. The number of hydrogen-bond donors (Lipinski definition) is 3. The van der Waals surface area contributed by atoms with Crippen molar-refractivity contribution in [2.45, 2.75) is 36.1 Å².